The molecule has 0 radical (unpaired) electrons. The van der Waals surface area contributed by atoms with Gasteiger partial charge in [-0.15, -0.1) is 0 Å². The molecule has 0 spiro atoms. The molecule has 4 nitrogen and oxygen atoms in total. The van der Waals surface area contributed by atoms with Crippen molar-refractivity contribution >= 4 is 17.5 Å². The highest BCUT2D eigenvalue weighted by atomic mass is 35.5. The second-order valence-electron chi connectivity index (χ2n) is 5.89. The van der Waals surface area contributed by atoms with Crippen LogP contribution in [0.15, 0.2) is 16.5 Å². The van der Waals surface area contributed by atoms with Gasteiger partial charge < -0.3 is 14.1 Å². The van der Waals surface area contributed by atoms with Crippen LogP contribution in [0.25, 0.3) is 0 Å². The van der Waals surface area contributed by atoms with Gasteiger partial charge in [0, 0.05) is 13.1 Å². The summed E-state index contributed by atoms with van der Waals surface area (Å²) in [7, 11) is 0. The van der Waals surface area contributed by atoms with Gasteiger partial charge in [0.1, 0.15) is 0 Å². The molecular weight excluding hydrogens is 254 g/mol. The SMILES string of the molecule is CC1(C)CN(C(=O)c2ccc(Cl)o2)CC(C)(C)O1. The number of rotatable bonds is 1. The smallest absolute Gasteiger partial charge is 0.289 e. The van der Waals surface area contributed by atoms with E-state index in [9.17, 15) is 4.79 Å². The minimum atomic E-state index is -0.367. The predicted octanol–water partition coefficient (Wildman–Crippen LogP) is 2.96. The first-order valence-electron chi connectivity index (χ1n) is 5.93. The average molecular weight is 272 g/mol. The molecule has 18 heavy (non-hydrogen) atoms. The van der Waals surface area contributed by atoms with Gasteiger partial charge in [-0.1, -0.05) is 0 Å². The molecule has 1 fully saturated rings. The van der Waals surface area contributed by atoms with Crippen molar-refractivity contribution in [2.24, 2.45) is 0 Å². The maximum atomic E-state index is 12.3. The lowest BCUT2D eigenvalue weighted by Crippen LogP contribution is -2.58. The van der Waals surface area contributed by atoms with Crippen LogP contribution in [0.1, 0.15) is 38.2 Å². The average Bonchev–Trinajstić information content (AvgIpc) is 2.58. The van der Waals surface area contributed by atoms with E-state index in [1.54, 1.807) is 17.0 Å². The van der Waals surface area contributed by atoms with Gasteiger partial charge in [0.2, 0.25) is 0 Å². The van der Waals surface area contributed by atoms with Crippen molar-refractivity contribution in [1.82, 2.24) is 4.90 Å². The quantitative estimate of drug-likeness (QED) is 0.789. The fourth-order valence-electron chi connectivity index (χ4n) is 2.52. The second kappa shape index (κ2) is 4.28. The summed E-state index contributed by atoms with van der Waals surface area (Å²) >= 11 is 5.69. The first-order valence-corrected chi connectivity index (χ1v) is 6.31. The van der Waals surface area contributed by atoms with E-state index in [4.69, 9.17) is 20.8 Å². The molecule has 1 aliphatic rings. The van der Waals surface area contributed by atoms with Crippen molar-refractivity contribution in [3.05, 3.63) is 23.1 Å². The number of halogens is 1. The summed E-state index contributed by atoms with van der Waals surface area (Å²) in [4.78, 5) is 14.1. The molecule has 0 N–H and O–H groups in total. The Morgan fingerprint density at radius 3 is 2.22 bits per heavy atom. The Morgan fingerprint density at radius 1 is 1.22 bits per heavy atom. The molecule has 2 heterocycles. The number of morpholine rings is 1. The van der Waals surface area contributed by atoms with E-state index in [1.807, 2.05) is 27.7 Å². The number of hydrogen-bond acceptors (Lipinski definition) is 3. The normalized spacial score (nSPS) is 21.9. The molecule has 5 heteroatoms. The van der Waals surface area contributed by atoms with E-state index in [0.29, 0.717) is 13.1 Å². The Bertz CT molecular complexity index is 449. The molecular formula is C13H18ClNO3. The van der Waals surface area contributed by atoms with Crippen LogP contribution in [0.2, 0.25) is 5.22 Å². The van der Waals surface area contributed by atoms with Crippen molar-refractivity contribution in [2.75, 3.05) is 13.1 Å². The number of ether oxygens (including phenoxy) is 1. The minimum absolute atomic E-state index is 0.147. The van der Waals surface area contributed by atoms with Crippen molar-refractivity contribution < 1.29 is 13.9 Å². The first kappa shape index (κ1) is 13.4. The highest BCUT2D eigenvalue weighted by Gasteiger charge is 2.40. The molecule has 0 aliphatic carbocycles. The van der Waals surface area contributed by atoms with E-state index in [1.165, 1.54) is 0 Å². The molecule has 0 saturated carbocycles. The monoisotopic (exact) mass is 271 g/mol. The zero-order valence-electron chi connectivity index (χ0n) is 11.1. The highest BCUT2D eigenvalue weighted by Crippen LogP contribution is 2.29. The summed E-state index contributed by atoms with van der Waals surface area (Å²) in [5.74, 6) is 0.125. The van der Waals surface area contributed by atoms with Crippen molar-refractivity contribution in [3.8, 4) is 0 Å². The van der Waals surface area contributed by atoms with Gasteiger partial charge in [0.15, 0.2) is 11.0 Å². The Hall–Kier alpha value is -1.00. The highest BCUT2D eigenvalue weighted by molar-refractivity contribution is 6.29. The number of hydrogen-bond donors (Lipinski definition) is 0. The molecule has 0 aromatic carbocycles. The molecule has 1 aromatic heterocycles. The van der Waals surface area contributed by atoms with Gasteiger partial charge in [-0.25, -0.2) is 0 Å². The third-order valence-electron chi connectivity index (χ3n) is 2.77. The molecule has 2 rings (SSSR count). The van der Waals surface area contributed by atoms with E-state index in [2.05, 4.69) is 0 Å². The van der Waals surface area contributed by atoms with Gasteiger partial charge in [0.25, 0.3) is 5.91 Å². The zero-order chi connectivity index (χ0) is 13.6. The van der Waals surface area contributed by atoms with E-state index >= 15 is 0 Å². The number of nitrogens with zero attached hydrogens (tertiary/aromatic N) is 1. The van der Waals surface area contributed by atoms with Crippen LogP contribution in [0.3, 0.4) is 0 Å². The molecule has 1 aliphatic heterocycles. The summed E-state index contributed by atoms with van der Waals surface area (Å²) in [6.07, 6.45) is 0. The number of carbonyl (C=O) groups is 1. The Labute approximate surface area is 112 Å². The number of furan rings is 1. The van der Waals surface area contributed by atoms with Crippen LogP contribution in [-0.4, -0.2) is 35.1 Å². The topological polar surface area (TPSA) is 42.7 Å². The lowest BCUT2D eigenvalue weighted by atomic mass is 9.99. The summed E-state index contributed by atoms with van der Waals surface area (Å²) in [6.45, 7) is 8.97. The maximum Gasteiger partial charge on any atom is 0.289 e. The molecule has 1 saturated heterocycles. The Morgan fingerprint density at radius 2 is 1.78 bits per heavy atom. The van der Waals surface area contributed by atoms with Crippen molar-refractivity contribution in [3.63, 3.8) is 0 Å². The van der Waals surface area contributed by atoms with E-state index < -0.39 is 0 Å². The third kappa shape index (κ3) is 2.87. The number of carbonyl (C=O) groups excluding carboxylic acids is 1. The third-order valence-corrected chi connectivity index (χ3v) is 2.97. The Balaban J connectivity index is 2.20. The summed E-state index contributed by atoms with van der Waals surface area (Å²) in [6, 6.07) is 3.17. The molecule has 0 unspecified atom stereocenters. The molecule has 100 valence electrons. The summed E-state index contributed by atoms with van der Waals surface area (Å²) in [5, 5.41) is 0.227. The van der Waals surface area contributed by atoms with Crippen LogP contribution >= 0.6 is 11.6 Å². The maximum absolute atomic E-state index is 12.3. The van der Waals surface area contributed by atoms with Crippen LogP contribution in [0.4, 0.5) is 0 Å². The van der Waals surface area contributed by atoms with Crippen LogP contribution in [0, 0.1) is 0 Å². The molecule has 0 bridgehead atoms. The second-order valence-corrected chi connectivity index (χ2v) is 6.26. The van der Waals surface area contributed by atoms with Gasteiger partial charge in [0.05, 0.1) is 11.2 Å². The zero-order valence-corrected chi connectivity index (χ0v) is 11.9. The lowest BCUT2D eigenvalue weighted by Gasteiger charge is -2.46. The van der Waals surface area contributed by atoms with Crippen molar-refractivity contribution in [2.45, 2.75) is 38.9 Å². The van der Waals surface area contributed by atoms with Crippen LogP contribution in [0.5, 0.6) is 0 Å². The molecule has 1 aromatic rings. The van der Waals surface area contributed by atoms with Gasteiger partial charge in [-0.3, -0.25) is 4.79 Å². The lowest BCUT2D eigenvalue weighted by molar-refractivity contribution is -0.171. The predicted molar refractivity (Wildman–Crippen MR) is 68.9 cm³/mol. The summed E-state index contributed by atoms with van der Waals surface area (Å²) < 4.78 is 11.1. The summed E-state index contributed by atoms with van der Waals surface area (Å²) in [5.41, 5.74) is -0.735. The fourth-order valence-corrected chi connectivity index (χ4v) is 2.66. The van der Waals surface area contributed by atoms with E-state index in [0.717, 1.165) is 0 Å². The molecule has 0 atom stereocenters. The standard InChI is InChI=1S/C13H18ClNO3/c1-12(2)7-15(8-13(3,4)18-12)11(16)9-5-6-10(14)17-9/h5-6H,7-8H2,1-4H3. The molecule has 1 amide bonds. The van der Waals surface area contributed by atoms with E-state index in [-0.39, 0.29) is 28.1 Å². The number of amides is 1. The minimum Gasteiger partial charge on any atom is -0.440 e. The first-order chi connectivity index (χ1) is 8.19. The van der Waals surface area contributed by atoms with Gasteiger partial charge in [-0.05, 0) is 51.4 Å². The van der Waals surface area contributed by atoms with Crippen LogP contribution in [-0.2, 0) is 4.74 Å². The van der Waals surface area contributed by atoms with Gasteiger partial charge >= 0.3 is 0 Å². The van der Waals surface area contributed by atoms with Crippen molar-refractivity contribution in [1.29, 1.82) is 0 Å². The fraction of sp³-hybridized carbons (Fsp3) is 0.615. The Kier molecular flexibility index (Phi) is 3.19. The van der Waals surface area contributed by atoms with Crippen LogP contribution < -0.4 is 0 Å². The van der Waals surface area contributed by atoms with Gasteiger partial charge in [-0.2, -0.15) is 0 Å². The largest absolute Gasteiger partial charge is 0.440 e.